The van der Waals surface area contributed by atoms with Gasteiger partial charge in [-0.25, -0.2) is 0 Å². The molecule has 118 valence electrons. The zero-order chi connectivity index (χ0) is 16.6. The number of anilines is 1. The molecule has 0 bridgehead atoms. The maximum absolute atomic E-state index is 12.3. The Labute approximate surface area is 136 Å². The minimum atomic E-state index is -0.519. The largest absolute Gasteiger partial charge is 0.325 e. The van der Waals surface area contributed by atoms with Gasteiger partial charge in [0, 0.05) is 11.1 Å². The highest BCUT2D eigenvalue weighted by molar-refractivity contribution is 6.35. The summed E-state index contributed by atoms with van der Waals surface area (Å²) in [4.78, 5) is 27.1. The Bertz CT molecular complexity index is 943. The van der Waals surface area contributed by atoms with Crippen molar-refractivity contribution < 1.29 is 4.79 Å². The third-order valence-electron chi connectivity index (χ3n) is 3.58. The number of aromatic nitrogens is 3. The average molecular weight is 331 g/mol. The number of carbonyl (C=O) groups is 1. The monoisotopic (exact) mass is 330 g/mol. The minimum absolute atomic E-state index is 0.0348. The fraction of sp³-hybridized carbons (Fsp3) is 0.188. The molecular weight excluding hydrogens is 316 g/mol. The number of para-hydroxylation sites is 1. The molecule has 2 heterocycles. The Kier molecular flexibility index (Phi) is 3.92. The number of halogens is 1. The summed E-state index contributed by atoms with van der Waals surface area (Å²) in [6, 6.07) is 8.53. The zero-order valence-electron chi connectivity index (χ0n) is 12.6. The van der Waals surface area contributed by atoms with Crippen LogP contribution in [0.5, 0.6) is 0 Å². The second-order valence-corrected chi connectivity index (χ2v) is 5.91. The number of nitrogens with zero attached hydrogens (tertiary/aromatic N) is 1. The second-order valence-electron chi connectivity index (χ2n) is 5.50. The number of amides is 1. The van der Waals surface area contributed by atoms with Gasteiger partial charge in [0.1, 0.15) is 5.56 Å². The summed E-state index contributed by atoms with van der Waals surface area (Å²) in [6.45, 7) is 3.93. The molecule has 2 aromatic heterocycles. The lowest BCUT2D eigenvalue weighted by Crippen LogP contribution is -2.24. The normalized spacial score (nSPS) is 11.1. The Morgan fingerprint density at radius 1 is 1.26 bits per heavy atom. The first-order valence-electron chi connectivity index (χ1n) is 7.14. The van der Waals surface area contributed by atoms with Crippen molar-refractivity contribution >= 4 is 34.2 Å². The first kappa shape index (κ1) is 15.3. The number of carbonyl (C=O) groups excluding carboxylic acids is 1. The van der Waals surface area contributed by atoms with E-state index in [1.807, 2.05) is 13.8 Å². The molecule has 7 heteroatoms. The Morgan fingerprint density at radius 3 is 2.74 bits per heavy atom. The van der Waals surface area contributed by atoms with Gasteiger partial charge in [0.25, 0.3) is 11.5 Å². The third-order valence-corrected chi connectivity index (χ3v) is 3.89. The van der Waals surface area contributed by atoms with Crippen LogP contribution in [-0.4, -0.2) is 21.1 Å². The van der Waals surface area contributed by atoms with Gasteiger partial charge >= 0.3 is 0 Å². The van der Waals surface area contributed by atoms with Crippen LogP contribution in [0.3, 0.4) is 0 Å². The van der Waals surface area contributed by atoms with Crippen molar-refractivity contribution in [3.8, 4) is 0 Å². The molecule has 0 saturated carbocycles. The second kappa shape index (κ2) is 5.89. The summed E-state index contributed by atoms with van der Waals surface area (Å²) in [5, 5.41) is 10.6. The van der Waals surface area contributed by atoms with Gasteiger partial charge in [0.05, 0.1) is 10.5 Å². The Hall–Kier alpha value is -2.60. The molecule has 0 unspecified atom stereocenters. The van der Waals surface area contributed by atoms with Crippen molar-refractivity contribution in [3.63, 3.8) is 0 Å². The summed E-state index contributed by atoms with van der Waals surface area (Å²) >= 11 is 6.06. The van der Waals surface area contributed by atoms with Crippen molar-refractivity contribution in [1.82, 2.24) is 15.2 Å². The van der Waals surface area contributed by atoms with E-state index in [-0.39, 0.29) is 11.5 Å². The molecule has 0 aliphatic carbocycles. The number of pyridine rings is 1. The van der Waals surface area contributed by atoms with Crippen LogP contribution in [-0.2, 0) is 0 Å². The highest BCUT2D eigenvalue weighted by Gasteiger charge is 2.15. The molecule has 6 nitrogen and oxygen atoms in total. The number of aromatic amines is 2. The molecule has 0 radical (unpaired) electrons. The van der Waals surface area contributed by atoms with Gasteiger partial charge in [0.2, 0.25) is 0 Å². The average Bonchev–Trinajstić information content (AvgIpc) is 2.91. The number of benzene rings is 1. The van der Waals surface area contributed by atoms with Crippen LogP contribution in [0.1, 0.15) is 35.8 Å². The quantitative estimate of drug-likeness (QED) is 0.688. The lowest BCUT2D eigenvalue weighted by atomic mass is 10.1. The molecule has 0 spiro atoms. The topological polar surface area (TPSA) is 90.6 Å². The molecule has 0 saturated heterocycles. The minimum Gasteiger partial charge on any atom is -0.325 e. The molecule has 3 rings (SSSR count). The molecule has 1 amide bonds. The van der Waals surface area contributed by atoms with E-state index >= 15 is 0 Å². The van der Waals surface area contributed by atoms with Gasteiger partial charge < -0.3 is 10.3 Å². The molecule has 1 aromatic carbocycles. The van der Waals surface area contributed by atoms with Gasteiger partial charge in [-0.05, 0) is 30.2 Å². The van der Waals surface area contributed by atoms with Crippen LogP contribution < -0.4 is 10.9 Å². The lowest BCUT2D eigenvalue weighted by molar-refractivity contribution is 0.102. The van der Waals surface area contributed by atoms with E-state index < -0.39 is 11.5 Å². The number of hydrogen-bond acceptors (Lipinski definition) is 3. The molecule has 0 aliphatic heterocycles. The van der Waals surface area contributed by atoms with Gasteiger partial charge in [-0.1, -0.05) is 31.5 Å². The van der Waals surface area contributed by atoms with Crippen LogP contribution in [0.15, 0.2) is 35.1 Å². The summed E-state index contributed by atoms with van der Waals surface area (Å²) in [5.41, 5.74) is 1.02. The smallest absolute Gasteiger partial charge is 0.262 e. The molecule has 23 heavy (non-hydrogen) atoms. The maximum atomic E-state index is 12.3. The summed E-state index contributed by atoms with van der Waals surface area (Å²) in [7, 11) is 0. The van der Waals surface area contributed by atoms with E-state index in [1.54, 1.807) is 24.3 Å². The summed E-state index contributed by atoms with van der Waals surface area (Å²) < 4.78 is 0. The lowest BCUT2D eigenvalue weighted by Gasteiger charge is -2.06. The van der Waals surface area contributed by atoms with Gasteiger partial charge in [0.15, 0.2) is 5.82 Å². The van der Waals surface area contributed by atoms with Crippen molar-refractivity contribution in [3.05, 3.63) is 57.0 Å². The van der Waals surface area contributed by atoms with Crippen molar-refractivity contribution in [1.29, 1.82) is 0 Å². The van der Waals surface area contributed by atoms with Crippen LogP contribution in [0.4, 0.5) is 5.82 Å². The number of nitrogens with one attached hydrogen (secondary N) is 3. The standard InChI is InChI=1S/C16H15ClN4O2/c1-8(2)12-7-6-10(15(22)18-12)16(23)19-14-9-4-3-5-11(17)13(9)20-21-14/h3-8H,1-2H3,(H,18,22)(H2,19,20,21,23). The van der Waals surface area contributed by atoms with E-state index in [0.717, 1.165) is 5.69 Å². The van der Waals surface area contributed by atoms with Crippen LogP contribution in [0.25, 0.3) is 10.9 Å². The van der Waals surface area contributed by atoms with Gasteiger partial charge in [-0.2, -0.15) is 5.10 Å². The van der Waals surface area contributed by atoms with Crippen molar-refractivity contribution in [2.24, 2.45) is 0 Å². The van der Waals surface area contributed by atoms with E-state index in [2.05, 4.69) is 20.5 Å². The Morgan fingerprint density at radius 2 is 2.04 bits per heavy atom. The number of H-pyrrole nitrogens is 2. The van der Waals surface area contributed by atoms with E-state index in [1.165, 1.54) is 6.07 Å². The summed E-state index contributed by atoms with van der Waals surface area (Å²) in [5.74, 6) is -0.00740. The predicted octanol–water partition coefficient (Wildman–Crippen LogP) is 3.28. The molecule has 0 atom stereocenters. The van der Waals surface area contributed by atoms with Crippen LogP contribution in [0.2, 0.25) is 5.02 Å². The maximum Gasteiger partial charge on any atom is 0.262 e. The molecular formula is C16H15ClN4O2. The number of fused-ring (bicyclic) bond motifs is 1. The van der Waals surface area contributed by atoms with E-state index in [4.69, 9.17) is 11.6 Å². The first-order chi connectivity index (χ1) is 11.0. The highest BCUT2D eigenvalue weighted by Crippen LogP contribution is 2.26. The first-order valence-corrected chi connectivity index (χ1v) is 7.52. The van der Waals surface area contributed by atoms with Crippen molar-refractivity contribution in [2.45, 2.75) is 19.8 Å². The molecule has 3 N–H and O–H groups in total. The summed E-state index contributed by atoms with van der Waals surface area (Å²) in [6.07, 6.45) is 0. The van der Waals surface area contributed by atoms with E-state index in [0.29, 0.717) is 21.7 Å². The fourth-order valence-electron chi connectivity index (χ4n) is 2.28. The van der Waals surface area contributed by atoms with Crippen LogP contribution >= 0.6 is 11.6 Å². The zero-order valence-corrected chi connectivity index (χ0v) is 13.4. The molecule has 0 aliphatic rings. The highest BCUT2D eigenvalue weighted by atomic mass is 35.5. The molecule has 3 aromatic rings. The van der Waals surface area contributed by atoms with Gasteiger partial charge in [-0.15, -0.1) is 0 Å². The van der Waals surface area contributed by atoms with Crippen LogP contribution in [0, 0.1) is 0 Å². The number of rotatable bonds is 3. The fourth-order valence-corrected chi connectivity index (χ4v) is 2.50. The SMILES string of the molecule is CC(C)c1ccc(C(=O)Nc2n[nH]c3c(Cl)cccc23)c(=O)[nH]1. The number of hydrogen-bond donors (Lipinski definition) is 3. The third kappa shape index (κ3) is 2.85. The molecule has 0 fully saturated rings. The van der Waals surface area contributed by atoms with Crippen molar-refractivity contribution in [2.75, 3.05) is 5.32 Å². The Balaban J connectivity index is 1.92. The van der Waals surface area contributed by atoms with E-state index in [9.17, 15) is 9.59 Å². The predicted molar refractivity (Wildman–Crippen MR) is 90.2 cm³/mol. The van der Waals surface area contributed by atoms with Gasteiger partial charge in [-0.3, -0.25) is 14.7 Å².